The van der Waals surface area contributed by atoms with Crippen LogP contribution in [-0.2, 0) is 11.2 Å². The van der Waals surface area contributed by atoms with Crippen LogP contribution >= 0.6 is 11.6 Å². The molecule has 0 saturated heterocycles. The van der Waals surface area contributed by atoms with Gasteiger partial charge in [0.05, 0.1) is 6.42 Å². The number of carbonyl (C=O) groups is 1. The number of halogens is 2. The van der Waals surface area contributed by atoms with Crippen LogP contribution in [0.3, 0.4) is 0 Å². The molecule has 0 heterocycles. The van der Waals surface area contributed by atoms with Crippen LogP contribution in [0.5, 0.6) is 0 Å². The van der Waals surface area contributed by atoms with Crippen molar-refractivity contribution < 1.29 is 14.3 Å². The number of carboxylic acid groups (broad SMARTS) is 1. The van der Waals surface area contributed by atoms with Crippen LogP contribution in [0.4, 0.5) is 4.39 Å². The van der Waals surface area contributed by atoms with Gasteiger partial charge in [0, 0.05) is 5.02 Å². The van der Waals surface area contributed by atoms with Gasteiger partial charge in [0.15, 0.2) is 0 Å². The molecule has 0 aromatic heterocycles. The number of benzene rings is 2. The average molecular weight is 279 g/mol. The molecule has 0 saturated carbocycles. The molecule has 1 N–H and O–H groups in total. The summed E-state index contributed by atoms with van der Waals surface area (Å²) in [6, 6.07) is 9.95. The summed E-state index contributed by atoms with van der Waals surface area (Å²) in [6.07, 6.45) is -0.107. The van der Waals surface area contributed by atoms with E-state index in [9.17, 15) is 9.18 Å². The third kappa shape index (κ3) is 2.93. The molecule has 0 aliphatic rings. The molecule has 0 spiro atoms. The number of hydrogen-bond donors (Lipinski definition) is 1. The second-order valence-electron chi connectivity index (χ2n) is 4.29. The van der Waals surface area contributed by atoms with Crippen molar-refractivity contribution in [1.82, 2.24) is 0 Å². The van der Waals surface area contributed by atoms with Crippen molar-refractivity contribution in [2.24, 2.45) is 0 Å². The molecule has 0 atom stereocenters. The lowest BCUT2D eigenvalue weighted by atomic mass is 9.94. The van der Waals surface area contributed by atoms with Crippen molar-refractivity contribution in [3.8, 4) is 11.1 Å². The van der Waals surface area contributed by atoms with Crippen molar-refractivity contribution in [3.05, 3.63) is 58.4 Å². The molecule has 0 aliphatic carbocycles. The lowest BCUT2D eigenvalue weighted by Gasteiger charge is -2.12. The molecule has 2 aromatic carbocycles. The molecule has 0 bridgehead atoms. The minimum atomic E-state index is -0.924. The van der Waals surface area contributed by atoms with Crippen LogP contribution in [0, 0.1) is 12.7 Å². The fourth-order valence-corrected chi connectivity index (χ4v) is 2.23. The highest BCUT2D eigenvalue weighted by molar-refractivity contribution is 6.30. The molecule has 4 heteroatoms. The van der Waals surface area contributed by atoms with Gasteiger partial charge in [-0.1, -0.05) is 35.9 Å². The maximum absolute atomic E-state index is 13.7. The SMILES string of the molecule is Cc1c(F)cc(Cl)cc1-c1ccccc1CC(=O)O. The second-order valence-corrected chi connectivity index (χ2v) is 4.72. The molecular formula is C15H12ClFO2. The minimum Gasteiger partial charge on any atom is -0.481 e. The van der Waals surface area contributed by atoms with Crippen LogP contribution in [0.2, 0.25) is 5.02 Å². The van der Waals surface area contributed by atoms with Crippen molar-refractivity contribution >= 4 is 17.6 Å². The van der Waals surface area contributed by atoms with Crippen molar-refractivity contribution in [3.63, 3.8) is 0 Å². The Balaban J connectivity index is 2.62. The number of carboxylic acids is 1. The third-order valence-corrected chi connectivity index (χ3v) is 3.18. The Labute approximate surface area is 115 Å². The van der Waals surface area contributed by atoms with E-state index < -0.39 is 11.8 Å². The highest BCUT2D eigenvalue weighted by atomic mass is 35.5. The summed E-state index contributed by atoms with van der Waals surface area (Å²) < 4.78 is 13.7. The number of rotatable bonds is 3. The monoisotopic (exact) mass is 278 g/mol. The highest BCUT2D eigenvalue weighted by Gasteiger charge is 2.13. The lowest BCUT2D eigenvalue weighted by molar-refractivity contribution is -0.136. The average Bonchev–Trinajstić information content (AvgIpc) is 2.34. The van der Waals surface area contributed by atoms with E-state index >= 15 is 0 Å². The van der Waals surface area contributed by atoms with E-state index in [0.29, 0.717) is 27.3 Å². The Hall–Kier alpha value is -1.87. The Morgan fingerprint density at radius 2 is 1.95 bits per heavy atom. The van der Waals surface area contributed by atoms with Crippen LogP contribution in [-0.4, -0.2) is 11.1 Å². The number of aliphatic carboxylic acids is 1. The summed E-state index contributed by atoms with van der Waals surface area (Å²) in [7, 11) is 0. The topological polar surface area (TPSA) is 37.3 Å². The Morgan fingerprint density at radius 3 is 2.63 bits per heavy atom. The zero-order valence-electron chi connectivity index (χ0n) is 10.3. The molecule has 0 fully saturated rings. The van der Waals surface area contributed by atoms with Gasteiger partial charge in [0.2, 0.25) is 0 Å². The normalized spacial score (nSPS) is 10.5. The summed E-state index contributed by atoms with van der Waals surface area (Å²) in [4.78, 5) is 10.9. The second kappa shape index (κ2) is 5.41. The zero-order chi connectivity index (χ0) is 14.0. The first-order valence-corrected chi connectivity index (χ1v) is 6.12. The standard InChI is InChI=1S/C15H12ClFO2/c1-9-13(7-11(16)8-14(9)17)12-5-3-2-4-10(12)6-15(18)19/h2-5,7-8H,6H2,1H3,(H,18,19). The molecule has 0 radical (unpaired) electrons. The van der Waals surface area contributed by atoms with E-state index in [1.807, 2.05) is 0 Å². The first-order valence-electron chi connectivity index (χ1n) is 5.74. The molecule has 19 heavy (non-hydrogen) atoms. The van der Waals surface area contributed by atoms with Gasteiger partial charge in [-0.05, 0) is 41.3 Å². The van der Waals surface area contributed by atoms with Crippen LogP contribution in [0.25, 0.3) is 11.1 Å². The number of hydrogen-bond acceptors (Lipinski definition) is 1. The Bertz CT molecular complexity index is 638. The fourth-order valence-electron chi connectivity index (χ4n) is 2.03. The molecule has 0 aliphatic heterocycles. The molecular weight excluding hydrogens is 267 g/mol. The summed E-state index contributed by atoms with van der Waals surface area (Å²) >= 11 is 5.87. The van der Waals surface area contributed by atoms with E-state index in [1.54, 1.807) is 37.3 Å². The quantitative estimate of drug-likeness (QED) is 0.918. The predicted molar refractivity (Wildman–Crippen MR) is 72.9 cm³/mol. The first-order chi connectivity index (χ1) is 8.99. The Morgan fingerprint density at radius 1 is 1.26 bits per heavy atom. The third-order valence-electron chi connectivity index (χ3n) is 2.96. The van der Waals surface area contributed by atoms with Gasteiger partial charge in [0.25, 0.3) is 0 Å². The van der Waals surface area contributed by atoms with Gasteiger partial charge in [0.1, 0.15) is 5.82 Å². The molecule has 2 nitrogen and oxygen atoms in total. The molecule has 0 unspecified atom stereocenters. The van der Waals surface area contributed by atoms with Gasteiger partial charge in [-0.2, -0.15) is 0 Å². The van der Waals surface area contributed by atoms with Crippen molar-refractivity contribution in [1.29, 1.82) is 0 Å². The van der Waals surface area contributed by atoms with Gasteiger partial charge >= 0.3 is 5.97 Å². The van der Waals surface area contributed by atoms with E-state index in [2.05, 4.69) is 0 Å². The van der Waals surface area contributed by atoms with E-state index in [0.717, 1.165) is 0 Å². The summed E-state index contributed by atoms with van der Waals surface area (Å²) in [6.45, 7) is 1.65. The van der Waals surface area contributed by atoms with Crippen LogP contribution in [0.1, 0.15) is 11.1 Å². The maximum Gasteiger partial charge on any atom is 0.307 e. The summed E-state index contributed by atoms with van der Waals surface area (Å²) in [5.41, 5.74) is 2.42. The van der Waals surface area contributed by atoms with Crippen molar-refractivity contribution in [2.45, 2.75) is 13.3 Å². The van der Waals surface area contributed by atoms with Crippen LogP contribution < -0.4 is 0 Å². The van der Waals surface area contributed by atoms with E-state index in [1.165, 1.54) is 6.07 Å². The zero-order valence-corrected chi connectivity index (χ0v) is 11.0. The fraction of sp³-hybridized carbons (Fsp3) is 0.133. The van der Waals surface area contributed by atoms with Crippen molar-refractivity contribution in [2.75, 3.05) is 0 Å². The lowest BCUT2D eigenvalue weighted by Crippen LogP contribution is -2.02. The summed E-state index contributed by atoms with van der Waals surface area (Å²) in [5, 5.41) is 9.21. The van der Waals surface area contributed by atoms with Gasteiger partial charge in [-0.25, -0.2) is 4.39 Å². The summed E-state index contributed by atoms with van der Waals surface area (Å²) in [5.74, 6) is -1.32. The Kier molecular flexibility index (Phi) is 3.86. The predicted octanol–water partition coefficient (Wildman–Crippen LogP) is 4.08. The molecule has 2 rings (SSSR count). The van der Waals surface area contributed by atoms with Crippen LogP contribution in [0.15, 0.2) is 36.4 Å². The molecule has 2 aromatic rings. The van der Waals surface area contributed by atoms with E-state index in [4.69, 9.17) is 16.7 Å². The highest BCUT2D eigenvalue weighted by Crippen LogP contribution is 2.31. The maximum atomic E-state index is 13.7. The van der Waals surface area contributed by atoms with Gasteiger partial charge in [-0.3, -0.25) is 4.79 Å². The molecule has 98 valence electrons. The van der Waals surface area contributed by atoms with Gasteiger partial charge in [-0.15, -0.1) is 0 Å². The minimum absolute atomic E-state index is 0.107. The smallest absolute Gasteiger partial charge is 0.307 e. The van der Waals surface area contributed by atoms with E-state index in [-0.39, 0.29) is 6.42 Å². The molecule has 0 amide bonds. The largest absolute Gasteiger partial charge is 0.481 e. The first kappa shape index (κ1) is 13.6. The van der Waals surface area contributed by atoms with Gasteiger partial charge < -0.3 is 5.11 Å².